The first kappa shape index (κ1) is 16.1. The molecule has 1 aliphatic rings. The summed E-state index contributed by atoms with van der Waals surface area (Å²) in [5.74, 6) is 1.30. The Bertz CT molecular complexity index is 674. The number of hydrogen-bond donors (Lipinski definition) is 0. The minimum atomic E-state index is -0.419. The van der Waals surface area contributed by atoms with Crippen LogP contribution in [-0.2, 0) is 0 Å². The molecular formula is C16H19N5O3. The van der Waals surface area contributed by atoms with Gasteiger partial charge in [-0.05, 0) is 12.1 Å². The van der Waals surface area contributed by atoms with Crippen molar-refractivity contribution in [3.8, 4) is 5.75 Å². The number of piperazine rings is 1. The van der Waals surface area contributed by atoms with Gasteiger partial charge in [-0.15, -0.1) is 0 Å². The second kappa shape index (κ2) is 7.69. The van der Waals surface area contributed by atoms with Crippen molar-refractivity contribution in [2.24, 2.45) is 0 Å². The minimum absolute atomic E-state index is 0.0453. The Labute approximate surface area is 139 Å². The fourth-order valence-corrected chi connectivity index (χ4v) is 2.61. The first-order valence-electron chi connectivity index (χ1n) is 7.84. The summed E-state index contributed by atoms with van der Waals surface area (Å²) in [6, 6.07) is 8.08. The van der Waals surface area contributed by atoms with E-state index in [1.807, 2.05) is 6.07 Å². The Morgan fingerprint density at radius 2 is 1.88 bits per heavy atom. The van der Waals surface area contributed by atoms with Gasteiger partial charge in [0.05, 0.1) is 11.0 Å². The van der Waals surface area contributed by atoms with Gasteiger partial charge in [0.15, 0.2) is 0 Å². The number of nitro benzene ring substituents is 1. The van der Waals surface area contributed by atoms with Crippen molar-refractivity contribution >= 4 is 11.6 Å². The minimum Gasteiger partial charge on any atom is -0.492 e. The maximum absolute atomic E-state index is 10.7. The van der Waals surface area contributed by atoms with Crippen LogP contribution in [-0.4, -0.2) is 59.1 Å². The quantitative estimate of drug-likeness (QED) is 0.587. The zero-order valence-electron chi connectivity index (χ0n) is 13.2. The van der Waals surface area contributed by atoms with Crippen LogP contribution in [0.4, 0.5) is 11.6 Å². The summed E-state index contributed by atoms with van der Waals surface area (Å²) in [6.07, 6.45) is 3.50. The molecule has 1 aliphatic heterocycles. The smallest absolute Gasteiger partial charge is 0.273 e. The van der Waals surface area contributed by atoms with Crippen LogP contribution in [0, 0.1) is 10.1 Å². The molecule has 0 radical (unpaired) electrons. The molecule has 0 atom stereocenters. The molecule has 1 fully saturated rings. The van der Waals surface area contributed by atoms with Crippen LogP contribution in [0.5, 0.6) is 5.75 Å². The van der Waals surface area contributed by atoms with Gasteiger partial charge in [-0.3, -0.25) is 15.0 Å². The standard InChI is InChI=1S/C16H19N5O3/c22-21(23)14-3-1-4-15(13-14)24-12-11-19-7-9-20(10-8-19)16-17-5-2-6-18-16/h1-6,13H,7-12H2. The van der Waals surface area contributed by atoms with Crippen LogP contribution in [0.3, 0.4) is 0 Å². The van der Waals surface area contributed by atoms with Gasteiger partial charge in [0.1, 0.15) is 12.4 Å². The lowest BCUT2D eigenvalue weighted by atomic mass is 10.3. The van der Waals surface area contributed by atoms with E-state index in [1.54, 1.807) is 24.5 Å². The van der Waals surface area contributed by atoms with E-state index < -0.39 is 4.92 Å². The van der Waals surface area contributed by atoms with E-state index >= 15 is 0 Å². The third-order valence-corrected chi connectivity index (χ3v) is 3.91. The fourth-order valence-electron chi connectivity index (χ4n) is 2.61. The number of aromatic nitrogens is 2. The highest BCUT2D eigenvalue weighted by Crippen LogP contribution is 2.19. The Morgan fingerprint density at radius 3 is 2.58 bits per heavy atom. The van der Waals surface area contributed by atoms with Crippen molar-refractivity contribution in [1.82, 2.24) is 14.9 Å². The Morgan fingerprint density at radius 1 is 1.12 bits per heavy atom. The summed E-state index contributed by atoms with van der Waals surface area (Å²) in [4.78, 5) is 23.3. The predicted octanol–water partition coefficient (Wildman–Crippen LogP) is 1.59. The maximum Gasteiger partial charge on any atom is 0.273 e. The van der Waals surface area contributed by atoms with Crippen LogP contribution in [0.15, 0.2) is 42.7 Å². The third kappa shape index (κ3) is 4.17. The topological polar surface area (TPSA) is 84.6 Å². The van der Waals surface area contributed by atoms with Crippen LogP contribution in [0.2, 0.25) is 0 Å². The Hall–Kier alpha value is -2.74. The number of non-ortho nitro benzene ring substituents is 1. The zero-order chi connectivity index (χ0) is 16.8. The van der Waals surface area contributed by atoms with Crippen molar-refractivity contribution in [2.45, 2.75) is 0 Å². The first-order chi connectivity index (χ1) is 11.7. The molecule has 0 amide bonds. The average Bonchev–Trinajstić information content (AvgIpc) is 2.63. The lowest BCUT2D eigenvalue weighted by Gasteiger charge is -2.34. The molecule has 1 saturated heterocycles. The third-order valence-electron chi connectivity index (χ3n) is 3.91. The number of nitro groups is 1. The van der Waals surface area contributed by atoms with Crippen LogP contribution in [0.1, 0.15) is 0 Å². The molecule has 2 aromatic rings. The maximum atomic E-state index is 10.7. The van der Waals surface area contributed by atoms with Crippen molar-refractivity contribution in [3.63, 3.8) is 0 Å². The van der Waals surface area contributed by atoms with Gasteiger partial charge in [0, 0.05) is 51.2 Å². The number of nitrogens with zero attached hydrogens (tertiary/aromatic N) is 5. The van der Waals surface area contributed by atoms with Gasteiger partial charge in [-0.1, -0.05) is 6.07 Å². The van der Waals surface area contributed by atoms with E-state index in [1.165, 1.54) is 12.1 Å². The molecule has 0 spiro atoms. The normalized spacial score (nSPS) is 15.2. The van der Waals surface area contributed by atoms with E-state index in [0.29, 0.717) is 12.4 Å². The zero-order valence-corrected chi connectivity index (χ0v) is 13.2. The van der Waals surface area contributed by atoms with Crippen LogP contribution >= 0.6 is 0 Å². The average molecular weight is 329 g/mol. The Balaban J connectivity index is 1.42. The Kier molecular flexibility index (Phi) is 5.17. The monoisotopic (exact) mass is 329 g/mol. The van der Waals surface area contributed by atoms with Crippen molar-refractivity contribution in [2.75, 3.05) is 44.2 Å². The summed E-state index contributed by atoms with van der Waals surface area (Å²) in [7, 11) is 0. The molecular weight excluding hydrogens is 310 g/mol. The van der Waals surface area contributed by atoms with Crippen molar-refractivity contribution in [3.05, 3.63) is 52.8 Å². The molecule has 0 unspecified atom stereocenters. The number of benzene rings is 1. The van der Waals surface area contributed by atoms with E-state index in [4.69, 9.17) is 4.74 Å². The van der Waals surface area contributed by atoms with E-state index in [2.05, 4.69) is 19.8 Å². The van der Waals surface area contributed by atoms with Gasteiger partial charge >= 0.3 is 0 Å². The SMILES string of the molecule is O=[N+]([O-])c1cccc(OCCN2CCN(c3ncccn3)CC2)c1. The molecule has 3 rings (SSSR count). The van der Waals surface area contributed by atoms with E-state index in [-0.39, 0.29) is 5.69 Å². The highest BCUT2D eigenvalue weighted by Gasteiger charge is 2.18. The predicted molar refractivity (Wildman–Crippen MR) is 89.3 cm³/mol. The van der Waals surface area contributed by atoms with Crippen molar-refractivity contribution in [1.29, 1.82) is 0 Å². The van der Waals surface area contributed by atoms with Gasteiger partial charge < -0.3 is 9.64 Å². The summed E-state index contributed by atoms with van der Waals surface area (Å²) in [5, 5.41) is 10.7. The van der Waals surface area contributed by atoms with Gasteiger partial charge in [-0.2, -0.15) is 0 Å². The molecule has 24 heavy (non-hydrogen) atoms. The molecule has 8 nitrogen and oxygen atoms in total. The lowest BCUT2D eigenvalue weighted by molar-refractivity contribution is -0.384. The fraction of sp³-hybridized carbons (Fsp3) is 0.375. The number of hydrogen-bond acceptors (Lipinski definition) is 7. The molecule has 0 N–H and O–H groups in total. The largest absolute Gasteiger partial charge is 0.492 e. The molecule has 0 aliphatic carbocycles. The first-order valence-corrected chi connectivity index (χ1v) is 7.84. The molecule has 1 aromatic carbocycles. The number of ether oxygens (including phenoxy) is 1. The number of anilines is 1. The summed E-state index contributed by atoms with van der Waals surface area (Å²) < 4.78 is 5.63. The second-order valence-electron chi connectivity index (χ2n) is 5.48. The number of rotatable bonds is 6. The highest BCUT2D eigenvalue weighted by molar-refractivity contribution is 5.37. The molecule has 1 aromatic heterocycles. The second-order valence-corrected chi connectivity index (χ2v) is 5.48. The van der Waals surface area contributed by atoms with E-state index in [9.17, 15) is 10.1 Å². The molecule has 8 heteroatoms. The highest BCUT2D eigenvalue weighted by atomic mass is 16.6. The molecule has 2 heterocycles. The summed E-state index contributed by atoms with van der Waals surface area (Å²) >= 11 is 0. The van der Waals surface area contributed by atoms with Crippen LogP contribution < -0.4 is 9.64 Å². The van der Waals surface area contributed by atoms with Gasteiger partial charge in [-0.25, -0.2) is 9.97 Å². The lowest BCUT2D eigenvalue weighted by Crippen LogP contribution is -2.48. The molecule has 126 valence electrons. The molecule has 0 bridgehead atoms. The van der Waals surface area contributed by atoms with Crippen LogP contribution in [0.25, 0.3) is 0 Å². The molecule has 0 saturated carbocycles. The summed E-state index contributed by atoms with van der Waals surface area (Å²) in [6.45, 7) is 4.87. The van der Waals surface area contributed by atoms with Gasteiger partial charge in [0.25, 0.3) is 5.69 Å². The van der Waals surface area contributed by atoms with Crippen molar-refractivity contribution < 1.29 is 9.66 Å². The van der Waals surface area contributed by atoms with E-state index in [0.717, 1.165) is 38.7 Å². The van der Waals surface area contributed by atoms with Gasteiger partial charge in [0.2, 0.25) is 5.95 Å². The summed E-state index contributed by atoms with van der Waals surface area (Å²) in [5.41, 5.74) is 0.0453.